The van der Waals surface area contributed by atoms with E-state index in [-0.39, 0.29) is 0 Å². The van der Waals surface area contributed by atoms with Crippen molar-refractivity contribution in [2.75, 3.05) is 0 Å². The van der Waals surface area contributed by atoms with Crippen LogP contribution in [-0.4, -0.2) is 53.1 Å². The molecule has 1 fully saturated rings. The van der Waals surface area contributed by atoms with Crippen molar-refractivity contribution in [1.82, 2.24) is 0 Å². The first-order chi connectivity index (χ1) is 6.43. The minimum Gasteiger partial charge on any atom is -0.391 e. The number of hydrogen-bond acceptors (Lipinski definition) is 4. The van der Waals surface area contributed by atoms with Gasteiger partial charge >= 0.3 is 0 Å². The fourth-order valence-corrected chi connectivity index (χ4v) is 1.68. The standard InChI is InChI=1S/C8H12BClO4/c1-4(11)5-6(12)8(13,2-3-10)7(9)14-5/h4-7,11-13H,9H2,1H3/t4?,5-,6?,7-,8?/m1/s1. The summed E-state index contributed by atoms with van der Waals surface area (Å²) < 4.78 is 5.19. The predicted molar refractivity (Wildman–Crippen MR) is 53.5 cm³/mol. The van der Waals surface area contributed by atoms with E-state index < -0.39 is 29.9 Å². The van der Waals surface area contributed by atoms with E-state index in [4.69, 9.17) is 16.3 Å². The molecule has 1 saturated heterocycles. The Morgan fingerprint density at radius 3 is 2.57 bits per heavy atom. The molecule has 0 aromatic heterocycles. The van der Waals surface area contributed by atoms with E-state index in [1.807, 2.05) is 5.38 Å². The molecule has 6 heteroatoms. The van der Waals surface area contributed by atoms with Crippen LogP contribution in [0.2, 0.25) is 0 Å². The molecule has 3 N–H and O–H groups in total. The molecule has 0 aromatic rings. The van der Waals surface area contributed by atoms with Crippen molar-refractivity contribution in [3.8, 4) is 11.3 Å². The molecule has 5 atom stereocenters. The van der Waals surface area contributed by atoms with Gasteiger partial charge in [-0.25, -0.2) is 0 Å². The predicted octanol–water partition coefficient (Wildman–Crippen LogP) is -1.98. The van der Waals surface area contributed by atoms with E-state index in [1.54, 1.807) is 7.85 Å². The zero-order valence-corrected chi connectivity index (χ0v) is 8.69. The number of rotatable bonds is 1. The number of ether oxygens (including phenoxy) is 1. The van der Waals surface area contributed by atoms with Crippen molar-refractivity contribution in [3.63, 3.8) is 0 Å². The maximum atomic E-state index is 9.90. The summed E-state index contributed by atoms with van der Waals surface area (Å²) in [4.78, 5) is 0. The lowest BCUT2D eigenvalue weighted by Crippen LogP contribution is -2.48. The van der Waals surface area contributed by atoms with Gasteiger partial charge in [0.1, 0.15) is 20.1 Å². The third-order valence-electron chi connectivity index (χ3n) is 2.47. The van der Waals surface area contributed by atoms with Crippen molar-refractivity contribution in [3.05, 3.63) is 0 Å². The number of hydrogen-bond donors (Lipinski definition) is 3. The Balaban J connectivity index is 2.93. The summed E-state index contributed by atoms with van der Waals surface area (Å²) in [5, 5.41) is 30.9. The van der Waals surface area contributed by atoms with E-state index in [9.17, 15) is 15.3 Å². The average Bonchev–Trinajstić information content (AvgIpc) is 2.31. The zero-order valence-electron chi connectivity index (χ0n) is 7.94. The summed E-state index contributed by atoms with van der Waals surface area (Å²) in [7, 11) is 1.56. The van der Waals surface area contributed by atoms with Crippen molar-refractivity contribution in [2.24, 2.45) is 0 Å². The summed E-state index contributed by atoms with van der Waals surface area (Å²) in [5.41, 5.74) is -1.70. The smallest absolute Gasteiger partial charge is 0.173 e. The third-order valence-corrected chi connectivity index (χ3v) is 2.56. The Bertz CT molecular complexity index is 274. The van der Waals surface area contributed by atoms with Crippen LogP contribution in [0.3, 0.4) is 0 Å². The van der Waals surface area contributed by atoms with Gasteiger partial charge in [0.15, 0.2) is 5.60 Å². The second-order valence-corrected chi connectivity index (χ2v) is 3.66. The normalized spacial score (nSPS) is 44.2. The number of aliphatic hydroxyl groups is 3. The fraction of sp³-hybridized carbons (Fsp3) is 0.750. The first kappa shape index (κ1) is 11.8. The van der Waals surface area contributed by atoms with Crippen LogP contribution in [0, 0.1) is 11.3 Å². The lowest BCUT2D eigenvalue weighted by molar-refractivity contribution is -0.0520. The van der Waals surface area contributed by atoms with E-state index in [0.717, 1.165) is 0 Å². The minimum absolute atomic E-state index is 0.691. The minimum atomic E-state index is -1.70. The third kappa shape index (κ3) is 1.77. The average molecular weight is 218 g/mol. The molecule has 1 aliphatic heterocycles. The van der Waals surface area contributed by atoms with Gasteiger partial charge in [0.05, 0.1) is 12.1 Å². The highest BCUT2D eigenvalue weighted by molar-refractivity contribution is 6.30. The van der Waals surface area contributed by atoms with Crippen LogP contribution in [0.15, 0.2) is 0 Å². The molecule has 0 amide bonds. The van der Waals surface area contributed by atoms with Gasteiger partial charge in [-0.2, -0.15) is 0 Å². The Kier molecular flexibility index (Phi) is 3.46. The summed E-state index contributed by atoms with van der Waals surface area (Å²) in [6.45, 7) is 1.47. The van der Waals surface area contributed by atoms with E-state index in [2.05, 4.69) is 5.92 Å². The van der Waals surface area contributed by atoms with Crippen molar-refractivity contribution in [2.45, 2.75) is 36.8 Å². The van der Waals surface area contributed by atoms with Gasteiger partial charge in [-0.15, -0.1) is 0 Å². The quantitative estimate of drug-likeness (QED) is 0.352. The molecule has 1 heterocycles. The SMILES string of the molecule is B[C@@H]1O[C@H](C(C)O)C(O)C1(O)C#CCl. The lowest BCUT2D eigenvalue weighted by atomic mass is 9.80. The molecule has 0 radical (unpaired) electrons. The van der Waals surface area contributed by atoms with Crippen LogP contribution < -0.4 is 0 Å². The van der Waals surface area contributed by atoms with Crippen molar-refractivity contribution >= 4 is 19.4 Å². The van der Waals surface area contributed by atoms with Gasteiger partial charge in [-0.3, -0.25) is 0 Å². The van der Waals surface area contributed by atoms with Gasteiger partial charge in [0.25, 0.3) is 0 Å². The van der Waals surface area contributed by atoms with Gasteiger partial charge < -0.3 is 20.1 Å². The van der Waals surface area contributed by atoms with E-state index in [1.165, 1.54) is 6.92 Å². The van der Waals surface area contributed by atoms with Crippen LogP contribution in [0.4, 0.5) is 0 Å². The van der Waals surface area contributed by atoms with Crippen LogP contribution in [-0.2, 0) is 4.74 Å². The van der Waals surface area contributed by atoms with E-state index in [0.29, 0.717) is 0 Å². The van der Waals surface area contributed by atoms with Crippen LogP contribution in [0.25, 0.3) is 0 Å². The van der Waals surface area contributed by atoms with Gasteiger partial charge in [0, 0.05) is 5.38 Å². The molecule has 1 rings (SSSR count). The second kappa shape index (κ2) is 4.09. The van der Waals surface area contributed by atoms with Crippen molar-refractivity contribution in [1.29, 1.82) is 0 Å². The molecule has 14 heavy (non-hydrogen) atoms. The maximum absolute atomic E-state index is 9.90. The van der Waals surface area contributed by atoms with Crippen LogP contribution in [0.5, 0.6) is 0 Å². The molecule has 0 aromatic carbocycles. The Morgan fingerprint density at radius 2 is 2.21 bits per heavy atom. The molecule has 0 aliphatic carbocycles. The molecular formula is C8H12BClO4. The molecule has 0 bridgehead atoms. The largest absolute Gasteiger partial charge is 0.391 e. The topological polar surface area (TPSA) is 69.9 Å². The number of aliphatic hydroxyl groups excluding tert-OH is 2. The number of halogens is 1. The first-order valence-corrected chi connectivity index (χ1v) is 4.68. The zero-order chi connectivity index (χ0) is 10.9. The highest BCUT2D eigenvalue weighted by atomic mass is 35.5. The molecule has 3 unspecified atom stereocenters. The summed E-state index contributed by atoms with van der Waals surface area (Å²) >= 11 is 5.18. The molecule has 0 saturated carbocycles. The fourth-order valence-electron chi connectivity index (χ4n) is 1.53. The highest BCUT2D eigenvalue weighted by Gasteiger charge is 2.53. The maximum Gasteiger partial charge on any atom is 0.173 e. The monoisotopic (exact) mass is 218 g/mol. The molecule has 1 aliphatic rings. The van der Waals surface area contributed by atoms with Crippen LogP contribution in [0.1, 0.15) is 6.92 Å². The second-order valence-electron chi connectivity index (χ2n) is 3.47. The Labute approximate surface area is 88.2 Å². The van der Waals surface area contributed by atoms with Crippen LogP contribution >= 0.6 is 11.6 Å². The highest BCUT2D eigenvalue weighted by Crippen LogP contribution is 2.30. The molecular weight excluding hydrogens is 206 g/mol. The molecule has 78 valence electrons. The molecule has 4 nitrogen and oxygen atoms in total. The Morgan fingerprint density at radius 1 is 1.64 bits per heavy atom. The van der Waals surface area contributed by atoms with E-state index >= 15 is 0 Å². The molecule has 0 spiro atoms. The first-order valence-electron chi connectivity index (χ1n) is 4.30. The van der Waals surface area contributed by atoms with Gasteiger partial charge in [-0.1, -0.05) is 0 Å². The Hall–Kier alpha value is -0.245. The summed E-state index contributed by atoms with van der Waals surface area (Å²) in [5.74, 6) is 2.29. The van der Waals surface area contributed by atoms with Gasteiger partial charge in [-0.05, 0) is 24.4 Å². The van der Waals surface area contributed by atoms with Crippen molar-refractivity contribution < 1.29 is 20.1 Å². The summed E-state index contributed by atoms with van der Waals surface area (Å²) in [6.07, 6.45) is -2.98. The lowest BCUT2D eigenvalue weighted by Gasteiger charge is -2.23. The van der Waals surface area contributed by atoms with Gasteiger partial charge in [0.2, 0.25) is 0 Å². The summed E-state index contributed by atoms with van der Waals surface area (Å²) in [6, 6.07) is -0.691.